The first-order chi connectivity index (χ1) is 9.93. The van der Waals surface area contributed by atoms with Crippen LogP contribution in [0.25, 0.3) is 0 Å². The third-order valence-corrected chi connectivity index (χ3v) is 2.87. The highest BCUT2D eigenvalue weighted by atomic mass is 16.5. The molecular weight excluding hydrogens is 272 g/mol. The zero-order valence-electron chi connectivity index (χ0n) is 13.1. The average molecular weight is 298 g/mol. The third-order valence-electron chi connectivity index (χ3n) is 2.87. The summed E-state index contributed by atoms with van der Waals surface area (Å²) >= 11 is 0. The number of hydrogen-bond donors (Lipinski definition) is 2. The maximum Gasteiger partial charge on any atom is 0.220 e. The lowest BCUT2D eigenvalue weighted by Gasteiger charge is -2.17. The van der Waals surface area contributed by atoms with Crippen molar-refractivity contribution < 1.29 is 14.6 Å². The van der Waals surface area contributed by atoms with Crippen LogP contribution in [0.2, 0.25) is 0 Å². The van der Waals surface area contributed by atoms with Crippen LogP contribution in [0.1, 0.15) is 39.3 Å². The molecule has 120 valence electrons. The highest BCUT2D eigenvalue weighted by Gasteiger charge is 2.14. The Bertz CT molecular complexity index is 426. The van der Waals surface area contributed by atoms with E-state index >= 15 is 0 Å². The van der Waals surface area contributed by atoms with Gasteiger partial charge in [-0.3, -0.25) is 4.79 Å². The summed E-state index contributed by atoms with van der Waals surface area (Å²) < 4.78 is 6.89. The van der Waals surface area contributed by atoms with Crippen LogP contribution < -0.4 is 5.32 Å². The fourth-order valence-corrected chi connectivity index (χ4v) is 1.69. The molecule has 7 heteroatoms. The van der Waals surface area contributed by atoms with Gasteiger partial charge in [-0.2, -0.15) is 0 Å². The summed E-state index contributed by atoms with van der Waals surface area (Å²) in [7, 11) is 0. The van der Waals surface area contributed by atoms with Gasteiger partial charge in [0.05, 0.1) is 31.1 Å². The van der Waals surface area contributed by atoms with Crippen molar-refractivity contribution in [2.24, 2.45) is 0 Å². The Morgan fingerprint density at radius 1 is 1.43 bits per heavy atom. The molecule has 1 amide bonds. The molecule has 0 radical (unpaired) electrons. The number of amides is 1. The van der Waals surface area contributed by atoms with Gasteiger partial charge in [-0.25, -0.2) is 4.68 Å². The predicted molar refractivity (Wildman–Crippen MR) is 78.9 cm³/mol. The molecule has 0 spiro atoms. The minimum atomic E-state index is -0.0722. The van der Waals surface area contributed by atoms with Gasteiger partial charge in [-0.05, 0) is 33.6 Å². The molecule has 0 aliphatic rings. The molecule has 0 aliphatic carbocycles. The number of carbonyl (C=O) groups excluding carboxylic acids is 1. The summed E-state index contributed by atoms with van der Waals surface area (Å²) in [6.07, 6.45) is 3.87. The van der Waals surface area contributed by atoms with Crippen molar-refractivity contribution >= 4 is 5.91 Å². The second kappa shape index (κ2) is 8.74. The SMILES string of the molecule is CC(C)(C)n1cc(CCCC(=O)NCCOCCO)nn1. The van der Waals surface area contributed by atoms with Crippen LogP contribution >= 0.6 is 0 Å². The van der Waals surface area contributed by atoms with Crippen molar-refractivity contribution in [2.45, 2.75) is 45.6 Å². The number of carbonyl (C=O) groups is 1. The number of aryl methyl sites for hydroxylation is 1. The van der Waals surface area contributed by atoms with Crippen molar-refractivity contribution in [3.05, 3.63) is 11.9 Å². The molecule has 7 nitrogen and oxygen atoms in total. The molecule has 0 saturated heterocycles. The summed E-state index contributed by atoms with van der Waals surface area (Å²) in [5, 5.41) is 19.5. The van der Waals surface area contributed by atoms with Crippen LogP contribution in [-0.4, -0.2) is 52.4 Å². The van der Waals surface area contributed by atoms with E-state index in [1.54, 1.807) is 0 Å². The quantitative estimate of drug-likeness (QED) is 0.647. The Balaban J connectivity index is 2.15. The Labute approximate surface area is 125 Å². The molecule has 0 aromatic carbocycles. The van der Waals surface area contributed by atoms with Gasteiger partial charge in [0, 0.05) is 19.2 Å². The fourth-order valence-electron chi connectivity index (χ4n) is 1.69. The molecule has 0 aliphatic heterocycles. The van der Waals surface area contributed by atoms with Crippen molar-refractivity contribution in [1.82, 2.24) is 20.3 Å². The second-order valence-electron chi connectivity index (χ2n) is 5.86. The van der Waals surface area contributed by atoms with Crippen LogP contribution in [0.15, 0.2) is 6.20 Å². The van der Waals surface area contributed by atoms with Gasteiger partial charge in [0.15, 0.2) is 0 Å². The molecule has 0 unspecified atom stereocenters. The monoisotopic (exact) mass is 298 g/mol. The number of nitrogens with zero attached hydrogens (tertiary/aromatic N) is 3. The van der Waals surface area contributed by atoms with E-state index in [0.717, 1.165) is 18.5 Å². The maximum absolute atomic E-state index is 11.6. The molecular formula is C14H26N4O3. The number of hydrogen-bond acceptors (Lipinski definition) is 5. The first-order valence-electron chi connectivity index (χ1n) is 7.30. The van der Waals surface area contributed by atoms with Gasteiger partial charge in [-0.1, -0.05) is 5.21 Å². The molecule has 1 aromatic heterocycles. The fraction of sp³-hybridized carbons (Fsp3) is 0.786. The lowest BCUT2D eigenvalue weighted by molar-refractivity contribution is -0.121. The molecule has 0 atom stereocenters. The summed E-state index contributed by atoms with van der Waals surface area (Å²) in [6, 6.07) is 0. The van der Waals surface area contributed by atoms with Crippen LogP contribution in [-0.2, 0) is 21.5 Å². The standard InChI is InChI=1S/C14H26N4O3/c1-14(2,3)18-11-12(16-17-18)5-4-6-13(20)15-7-9-21-10-8-19/h11,19H,4-10H2,1-3H3,(H,15,20). The van der Waals surface area contributed by atoms with Gasteiger partial charge in [0.1, 0.15) is 0 Å². The topological polar surface area (TPSA) is 89.3 Å². The Hall–Kier alpha value is -1.47. The number of nitrogens with one attached hydrogen (secondary N) is 1. The van der Waals surface area contributed by atoms with E-state index in [9.17, 15) is 4.79 Å². The van der Waals surface area contributed by atoms with Gasteiger partial charge >= 0.3 is 0 Å². The largest absolute Gasteiger partial charge is 0.394 e. The number of aromatic nitrogens is 3. The Morgan fingerprint density at radius 2 is 2.19 bits per heavy atom. The van der Waals surface area contributed by atoms with Gasteiger partial charge in [-0.15, -0.1) is 5.10 Å². The van der Waals surface area contributed by atoms with E-state index < -0.39 is 0 Å². The number of ether oxygens (including phenoxy) is 1. The molecule has 2 N–H and O–H groups in total. The molecule has 1 heterocycles. The van der Waals surface area contributed by atoms with Crippen molar-refractivity contribution in [1.29, 1.82) is 0 Å². The van der Waals surface area contributed by atoms with Crippen molar-refractivity contribution in [3.63, 3.8) is 0 Å². The number of rotatable bonds is 9. The lowest BCUT2D eigenvalue weighted by atomic mass is 10.1. The molecule has 0 saturated carbocycles. The van der Waals surface area contributed by atoms with E-state index in [1.165, 1.54) is 0 Å². The smallest absolute Gasteiger partial charge is 0.220 e. The van der Waals surface area contributed by atoms with E-state index in [-0.39, 0.29) is 18.1 Å². The van der Waals surface area contributed by atoms with E-state index in [1.807, 2.05) is 10.9 Å². The minimum Gasteiger partial charge on any atom is -0.394 e. The number of aliphatic hydroxyl groups is 1. The summed E-state index contributed by atoms with van der Waals surface area (Å²) in [6.45, 7) is 7.40. The highest BCUT2D eigenvalue weighted by molar-refractivity contribution is 5.75. The van der Waals surface area contributed by atoms with Crippen LogP contribution in [0.3, 0.4) is 0 Å². The lowest BCUT2D eigenvalue weighted by Crippen LogP contribution is -2.27. The highest BCUT2D eigenvalue weighted by Crippen LogP contribution is 2.12. The summed E-state index contributed by atoms with van der Waals surface area (Å²) in [5.41, 5.74) is 0.834. The van der Waals surface area contributed by atoms with E-state index in [2.05, 4.69) is 36.4 Å². The second-order valence-corrected chi connectivity index (χ2v) is 5.86. The normalized spacial score (nSPS) is 11.6. The summed E-state index contributed by atoms with van der Waals surface area (Å²) in [5.74, 6) is 0.00538. The molecule has 0 bridgehead atoms. The van der Waals surface area contributed by atoms with Gasteiger partial charge < -0.3 is 15.2 Å². The van der Waals surface area contributed by atoms with E-state index in [4.69, 9.17) is 9.84 Å². The molecule has 1 rings (SSSR count). The van der Waals surface area contributed by atoms with E-state index in [0.29, 0.717) is 26.2 Å². The molecule has 0 fully saturated rings. The van der Waals surface area contributed by atoms with Crippen molar-refractivity contribution in [3.8, 4) is 0 Å². The van der Waals surface area contributed by atoms with Gasteiger partial charge in [0.25, 0.3) is 0 Å². The Morgan fingerprint density at radius 3 is 2.81 bits per heavy atom. The first-order valence-corrected chi connectivity index (χ1v) is 7.30. The van der Waals surface area contributed by atoms with Crippen LogP contribution in [0.5, 0.6) is 0 Å². The maximum atomic E-state index is 11.6. The zero-order chi connectivity index (χ0) is 15.7. The summed E-state index contributed by atoms with van der Waals surface area (Å²) in [4.78, 5) is 11.6. The minimum absolute atomic E-state index is 0.00317. The first kappa shape index (κ1) is 17.6. The van der Waals surface area contributed by atoms with Crippen LogP contribution in [0.4, 0.5) is 0 Å². The number of aliphatic hydroxyl groups excluding tert-OH is 1. The van der Waals surface area contributed by atoms with Crippen molar-refractivity contribution in [2.75, 3.05) is 26.4 Å². The van der Waals surface area contributed by atoms with Crippen LogP contribution in [0, 0.1) is 0 Å². The third kappa shape index (κ3) is 7.19. The predicted octanol–water partition coefficient (Wildman–Crippen LogP) is 0.481. The molecule has 21 heavy (non-hydrogen) atoms. The average Bonchev–Trinajstić information content (AvgIpc) is 2.87. The Kier molecular flexibility index (Phi) is 7.31. The molecule has 1 aromatic rings. The van der Waals surface area contributed by atoms with Gasteiger partial charge in [0.2, 0.25) is 5.91 Å². The zero-order valence-corrected chi connectivity index (χ0v) is 13.1.